The summed E-state index contributed by atoms with van der Waals surface area (Å²) < 4.78 is 20.4. The van der Waals surface area contributed by atoms with Crippen molar-refractivity contribution in [3.8, 4) is 5.75 Å². The lowest BCUT2D eigenvalue weighted by atomic mass is 10.3. The largest absolute Gasteiger partial charge is 0.481 e. The maximum absolute atomic E-state index is 13.6. The standard InChI is InChI=1S/C18H15FN2O2S/c1-2-11-24-18-20-14-8-4-5-9-15(14)21(18)17(22)12-23-16-10-6-3-7-13(16)19/h2-10H,1,11-12H2. The molecule has 0 fully saturated rings. The Bertz CT molecular complexity index is 892. The molecule has 122 valence electrons. The maximum atomic E-state index is 13.6. The van der Waals surface area contributed by atoms with Crippen molar-refractivity contribution < 1.29 is 13.9 Å². The second kappa shape index (κ2) is 7.31. The van der Waals surface area contributed by atoms with Crippen molar-refractivity contribution in [2.45, 2.75) is 5.16 Å². The van der Waals surface area contributed by atoms with Gasteiger partial charge in [-0.05, 0) is 24.3 Å². The molecule has 0 atom stereocenters. The van der Waals surface area contributed by atoms with Gasteiger partial charge in [-0.15, -0.1) is 6.58 Å². The molecule has 0 radical (unpaired) electrons. The normalized spacial score (nSPS) is 10.7. The molecule has 0 saturated heterocycles. The number of fused-ring (bicyclic) bond motifs is 1. The minimum atomic E-state index is -0.498. The van der Waals surface area contributed by atoms with E-state index in [1.807, 2.05) is 24.3 Å². The zero-order valence-corrected chi connectivity index (χ0v) is 13.6. The Morgan fingerprint density at radius 2 is 2.00 bits per heavy atom. The van der Waals surface area contributed by atoms with Gasteiger partial charge in [0.05, 0.1) is 11.0 Å². The number of aromatic nitrogens is 2. The number of carbonyl (C=O) groups is 1. The molecular formula is C18H15FN2O2S. The molecule has 0 unspecified atom stereocenters. The number of carbonyl (C=O) groups excluding carboxylic acids is 1. The Kier molecular flexibility index (Phi) is 4.96. The smallest absolute Gasteiger partial charge is 0.271 e. The molecule has 3 rings (SSSR count). The fraction of sp³-hybridized carbons (Fsp3) is 0.111. The van der Waals surface area contributed by atoms with Crippen LogP contribution in [0.25, 0.3) is 11.0 Å². The van der Waals surface area contributed by atoms with E-state index in [1.165, 1.54) is 28.5 Å². The number of para-hydroxylation sites is 3. The highest BCUT2D eigenvalue weighted by atomic mass is 32.2. The number of nitrogens with zero attached hydrogens (tertiary/aromatic N) is 2. The van der Waals surface area contributed by atoms with Gasteiger partial charge in [-0.1, -0.05) is 42.1 Å². The zero-order valence-electron chi connectivity index (χ0n) is 12.8. The first-order valence-corrected chi connectivity index (χ1v) is 8.31. The SMILES string of the molecule is C=CCSc1nc2ccccc2n1C(=O)COc1ccccc1F. The Labute approximate surface area is 143 Å². The van der Waals surface area contributed by atoms with Gasteiger partial charge in [-0.3, -0.25) is 9.36 Å². The lowest BCUT2D eigenvalue weighted by Gasteiger charge is -2.09. The molecule has 0 aliphatic heterocycles. The van der Waals surface area contributed by atoms with E-state index in [0.29, 0.717) is 16.4 Å². The Morgan fingerprint density at radius 3 is 2.79 bits per heavy atom. The Balaban J connectivity index is 1.88. The van der Waals surface area contributed by atoms with E-state index in [9.17, 15) is 9.18 Å². The van der Waals surface area contributed by atoms with E-state index < -0.39 is 5.82 Å². The summed E-state index contributed by atoms with van der Waals surface area (Å²) in [5, 5.41) is 0.568. The Hall–Kier alpha value is -2.60. The van der Waals surface area contributed by atoms with Crippen LogP contribution in [0, 0.1) is 5.82 Å². The first kappa shape index (κ1) is 16.3. The molecular weight excluding hydrogens is 327 g/mol. The summed E-state index contributed by atoms with van der Waals surface area (Å²) in [4.78, 5) is 17.1. The van der Waals surface area contributed by atoms with Crippen LogP contribution in [0.1, 0.15) is 4.79 Å². The van der Waals surface area contributed by atoms with Crippen LogP contribution >= 0.6 is 11.8 Å². The summed E-state index contributed by atoms with van der Waals surface area (Å²) >= 11 is 1.41. The van der Waals surface area contributed by atoms with Crippen molar-refractivity contribution in [3.63, 3.8) is 0 Å². The Morgan fingerprint density at radius 1 is 1.25 bits per heavy atom. The minimum Gasteiger partial charge on any atom is -0.481 e. The minimum absolute atomic E-state index is 0.0514. The summed E-state index contributed by atoms with van der Waals surface area (Å²) in [6.07, 6.45) is 1.74. The molecule has 0 N–H and O–H groups in total. The highest BCUT2D eigenvalue weighted by molar-refractivity contribution is 7.99. The number of rotatable bonds is 6. The second-order valence-electron chi connectivity index (χ2n) is 4.93. The number of hydrogen-bond acceptors (Lipinski definition) is 4. The topological polar surface area (TPSA) is 44.1 Å². The maximum Gasteiger partial charge on any atom is 0.271 e. The third-order valence-corrected chi connectivity index (χ3v) is 4.23. The van der Waals surface area contributed by atoms with Crippen molar-refractivity contribution in [3.05, 3.63) is 67.0 Å². The summed E-state index contributed by atoms with van der Waals surface area (Å²) in [6.45, 7) is 3.41. The number of hydrogen-bond donors (Lipinski definition) is 0. The third-order valence-electron chi connectivity index (χ3n) is 3.30. The fourth-order valence-electron chi connectivity index (χ4n) is 2.24. The molecule has 0 aliphatic carbocycles. The van der Waals surface area contributed by atoms with E-state index >= 15 is 0 Å². The molecule has 0 spiro atoms. The van der Waals surface area contributed by atoms with Crippen molar-refractivity contribution in [2.75, 3.05) is 12.4 Å². The van der Waals surface area contributed by atoms with E-state index in [2.05, 4.69) is 11.6 Å². The van der Waals surface area contributed by atoms with Crippen molar-refractivity contribution in [1.29, 1.82) is 0 Å². The van der Waals surface area contributed by atoms with Gasteiger partial charge in [0, 0.05) is 5.75 Å². The molecule has 0 amide bonds. The molecule has 4 nitrogen and oxygen atoms in total. The number of halogens is 1. The predicted octanol–water partition coefficient (Wildman–Crippen LogP) is 4.17. The zero-order chi connectivity index (χ0) is 16.9. The first-order valence-electron chi connectivity index (χ1n) is 7.32. The van der Waals surface area contributed by atoms with E-state index in [0.717, 1.165) is 5.52 Å². The number of imidazole rings is 1. The van der Waals surface area contributed by atoms with Gasteiger partial charge in [-0.25, -0.2) is 9.37 Å². The van der Waals surface area contributed by atoms with Crippen LogP contribution in [-0.4, -0.2) is 27.8 Å². The van der Waals surface area contributed by atoms with Crippen LogP contribution in [-0.2, 0) is 0 Å². The molecule has 24 heavy (non-hydrogen) atoms. The molecule has 0 saturated carbocycles. The molecule has 0 aliphatic rings. The quantitative estimate of drug-likeness (QED) is 0.498. The van der Waals surface area contributed by atoms with Crippen molar-refractivity contribution in [1.82, 2.24) is 9.55 Å². The molecule has 6 heteroatoms. The highest BCUT2D eigenvalue weighted by Gasteiger charge is 2.17. The lowest BCUT2D eigenvalue weighted by molar-refractivity contribution is 0.0829. The van der Waals surface area contributed by atoms with Crippen LogP contribution in [0.4, 0.5) is 4.39 Å². The predicted molar refractivity (Wildman–Crippen MR) is 93.2 cm³/mol. The average Bonchev–Trinajstić information content (AvgIpc) is 2.97. The van der Waals surface area contributed by atoms with Crippen molar-refractivity contribution in [2.24, 2.45) is 0 Å². The number of thioether (sulfide) groups is 1. The second-order valence-corrected chi connectivity index (χ2v) is 5.92. The van der Waals surface area contributed by atoms with Gasteiger partial charge in [0.1, 0.15) is 0 Å². The highest BCUT2D eigenvalue weighted by Crippen LogP contribution is 2.24. The van der Waals surface area contributed by atoms with Crippen molar-refractivity contribution >= 4 is 28.7 Å². The van der Waals surface area contributed by atoms with E-state index in [1.54, 1.807) is 18.2 Å². The first-order chi connectivity index (χ1) is 11.7. The lowest BCUT2D eigenvalue weighted by Crippen LogP contribution is -2.20. The van der Waals surface area contributed by atoms with Gasteiger partial charge in [-0.2, -0.15) is 0 Å². The number of ether oxygens (including phenoxy) is 1. The van der Waals surface area contributed by atoms with E-state index in [-0.39, 0.29) is 18.3 Å². The summed E-state index contributed by atoms with van der Waals surface area (Å²) in [7, 11) is 0. The molecule has 0 bridgehead atoms. The van der Waals surface area contributed by atoms with Crippen LogP contribution in [0.2, 0.25) is 0 Å². The summed E-state index contributed by atoms with van der Waals surface area (Å²) in [6, 6.07) is 13.4. The molecule has 1 aromatic heterocycles. The molecule has 3 aromatic rings. The molecule has 1 heterocycles. The van der Waals surface area contributed by atoms with Crippen LogP contribution in [0.5, 0.6) is 5.75 Å². The van der Waals surface area contributed by atoms with Gasteiger partial charge < -0.3 is 4.74 Å². The van der Waals surface area contributed by atoms with Crippen LogP contribution < -0.4 is 4.74 Å². The van der Waals surface area contributed by atoms with Gasteiger partial charge in [0.15, 0.2) is 23.3 Å². The summed E-state index contributed by atoms with van der Waals surface area (Å²) in [5.41, 5.74) is 1.43. The van der Waals surface area contributed by atoms with E-state index in [4.69, 9.17) is 4.74 Å². The van der Waals surface area contributed by atoms with Gasteiger partial charge >= 0.3 is 0 Å². The van der Waals surface area contributed by atoms with Crippen LogP contribution in [0.3, 0.4) is 0 Å². The monoisotopic (exact) mass is 342 g/mol. The molecule has 2 aromatic carbocycles. The fourth-order valence-corrected chi connectivity index (χ4v) is 3.00. The van der Waals surface area contributed by atoms with Gasteiger partial charge in [0.25, 0.3) is 5.91 Å². The number of benzene rings is 2. The third kappa shape index (κ3) is 3.33. The van der Waals surface area contributed by atoms with Gasteiger partial charge in [0.2, 0.25) is 0 Å². The average molecular weight is 342 g/mol. The summed E-state index contributed by atoms with van der Waals surface area (Å²) in [5.74, 6) is -0.124. The van der Waals surface area contributed by atoms with Crippen LogP contribution in [0.15, 0.2) is 66.3 Å².